The van der Waals surface area contributed by atoms with Crippen LogP contribution in [0.3, 0.4) is 0 Å². The van der Waals surface area contributed by atoms with Crippen LogP contribution in [0.5, 0.6) is 0 Å². The number of nitrogens with zero attached hydrogens (tertiary/aromatic N) is 1. The zero-order valence-corrected chi connectivity index (χ0v) is 16.5. The summed E-state index contributed by atoms with van der Waals surface area (Å²) in [7, 11) is -3.22. The van der Waals surface area contributed by atoms with Crippen LogP contribution >= 0.6 is 0 Å². The first-order chi connectivity index (χ1) is 13.5. The van der Waals surface area contributed by atoms with Crippen LogP contribution in [0.25, 0.3) is 11.0 Å². The Balaban J connectivity index is 1.52. The van der Waals surface area contributed by atoms with Gasteiger partial charge in [0, 0.05) is 29.7 Å². The fourth-order valence-electron chi connectivity index (χ4n) is 3.66. The van der Waals surface area contributed by atoms with E-state index in [1.807, 2.05) is 42.5 Å². The van der Waals surface area contributed by atoms with E-state index < -0.39 is 10.0 Å². The Hall–Kier alpha value is -2.64. The molecule has 1 aliphatic rings. The fraction of sp³-hybridized carbons (Fsp3) is 0.286. The minimum absolute atomic E-state index is 0.0947. The normalized spacial score (nSPS) is 14.8. The molecule has 2 heterocycles. The van der Waals surface area contributed by atoms with Gasteiger partial charge in [0.25, 0.3) is 0 Å². The van der Waals surface area contributed by atoms with Gasteiger partial charge in [0.1, 0.15) is 5.58 Å². The number of hydrogen-bond donors (Lipinski definition) is 1. The first-order valence-electron chi connectivity index (χ1n) is 9.31. The number of rotatable bonds is 5. The lowest BCUT2D eigenvalue weighted by Gasteiger charge is -2.29. The smallest absolute Gasteiger partial charge is 0.228 e. The molecule has 0 saturated heterocycles. The van der Waals surface area contributed by atoms with Crippen LogP contribution in [0.15, 0.2) is 53.1 Å². The number of fused-ring (bicyclic) bond motifs is 2. The molecule has 0 radical (unpaired) electrons. The van der Waals surface area contributed by atoms with Crippen molar-refractivity contribution in [2.75, 3.05) is 17.6 Å². The van der Waals surface area contributed by atoms with Crippen molar-refractivity contribution in [3.05, 3.63) is 65.4 Å². The van der Waals surface area contributed by atoms with Crippen LogP contribution in [0.1, 0.15) is 23.6 Å². The van der Waals surface area contributed by atoms with Crippen molar-refractivity contribution in [1.29, 1.82) is 0 Å². The zero-order chi connectivity index (χ0) is 19.7. The number of carbonyl (C=O) groups is 1. The summed E-state index contributed by atoms with van der Waals surface area (Å²) in [5.41, 5.74) is 4.31. The third-order valence-electron chi connectivity index (χ3n) is 5.18. The Morgan fingerprint density at radius 3 is 2.82 bits per heavy atom. The average Bonchev–Trinajstić information content (AvgIpc) is 3.10. The summed E-state index contributed by atoms with van der Waals surface area (Å²) >= 11 is 0. The quantitative estimate of drug-likeness (QED) is 0.715. The van der Waals surface area contributed by atoms with Gasteiger partial charge in [0.05, 0.1) is 18.4 Å². The largest absolute Gasteiger partial charge is 0.464 e. The number of carbonyl (C=O) groups excluding carboxylic acids is 1. The lowest BCUT2D eigenvalue weighted by atomic mass is 9.99. The number of nitrogens with one attached hydrogen (secondary N) is 1. The van der Waals surface area contributed by atoms with Crippen molar-refractivity contribution in [2.45, 2.75) is 26.3 Å². The first-order valence-corrected chi connectivity index (χ1v) is 10.9. The molecule has 3 aromatic rings. The van der Waals surface area contributed by atoms with Gasteiger partial charge in [-0.1, -0.05) is 30.3 Å². The highest BCUT2D eigenvalue weighted by Crippen LogP contribution is 2.28. The Bertz CT molecular complexity index is 1130. The van der Waals surface area contributed by atoms with Crippen molar-refractivity contribution >= 4 is 32.6 Å². The van der Waals surface area contributed by atoms with E-state index in [-0.39, 0.29) is 18.1 Å². The molecule has 0 atom stereocenters. The summed E-state index contributed by atoms with van der Waals surface area (Å²) in [5.74, 6) is -0.0270. The van der Waals surface area contributed by atoms with Crippen LogP contribution in [-0.4, -0.2) is 30.9 Å². The van der Waals surface area contributed by atoms with Crippen molar-refractivity contribution < 1.29 is 17.6 Å². The number of benzene rings is 2. The van der Waals surface area contributed by atoms with E-state index in [1.165, 1.54) is 4.31 Å². The standard InChI is InChI=1S/C21H22N2O4S/c1-2-28(25,26)23-11-10-17-15(13-23)6-5-8-19(17)22-21(24)12-16-14-27-20-9-4-3-7-18(16)20/h3-9,14H,2,10-13H2,1H3,(H,22,24). The number of sulfonamides is 1. The number of furan rings is 1. The van der Waals surface area contributed by atoms with Crippen LogP contribution in [0.4, 0.5) is 5.69 Å². The number of amides is 1. The molecule has 0 saturated carbocycles. The second-order valence-corrected chi connectivity index (χ2v) is 9.17. The Morgan fingerprint density at radius 2 is 2.00 bits per heavy atom. The molecular formula is C21H22N2O4S. The third-order valence-corrected chi connectivity index (χ3v) is 7.00. The van der Waals surface area contributed by atoms with Gasteiger partial charge in [0.15, 0.2) is 0 Å². The number of hydrogen-bond acceptors (Lipinski definition) is 4. The lowest BCUT2D eigenvalue weighted by Crippen LogP contribution is -2.37. The van der Waals surface area contributed by atoms with E-state index >= 15 is 0 Å². The van der Waals surface area contributed by atoms with Gasteiger partial charge in [-0.15, -0.1) is 0 Å². The van der Waals surface area contributed by atoms with Crippen LogP contribution < -0.4 is 5.32 Å². The Morgan fingerprint density at radius 1 is 1.18 bits per heavy atom. The van der Waals surface area contributed by atoms with Gasteiger partial charge in [-0.3, -0.25) is 4.79 Å². The van der Waals surface area contributed by atoms with Crippen LogP contribution in [0.2, 0.25) is 0 Å². The molecular weight excluding hydrogens is 376 g/mol. The van der Waals surface area contributed by atoms with E-state index in [4.69, 9.17) is 4.42 Å². The molecule has 6 nitrogen and oxygen atoms in total. The number of anilines is 1. The highest BCUT2D eigenvalue weighted by Gasteiger charge is 2.26. The minimum Gasteiger partial charge on any atom is -0.464 e. The maximum Gasteiger partial charge on any atom is 0.228 e. The predicted octanol–water partition coefficient (Wildman–Crippen LogP) is 3.32. The predicted molar refractivity (Wildman–Crippen MR) is 109 cm³/mol. The van der Waals surface area contributed by atoms with E-state index in [9.17, 15) is 13.2 Å². The summed E-state index contributed by atoms with van der Waals surface area (Å²) in [6, 6.07) is 13.3. The van der Waals surface area contributed by atoms with Crippen LogP contribution in [-0.2, 0) is 34.2 Å². The summed E-state index contributed by atoms with van der Waals surface area (Å²) in [6.07, 6.45) is 2.43. The molecule has 0 fully saturated rings. The van der Waals surface area contributed by atoms with Gasteiger partial charge in [-0.2, -0.15) is 4.31 Å². The highest BCUT2D eigenvalue weighted by atomic mass is 32.2. The Kier molecular flexibility index (Phi) is 4.95. The fourth-order valence-corrected chi connectivity index (χ4v) is 4.73. The van der Waals surface area contributed by atoms with E-state index in [0.717, 1.165) is 33.3 Å². The maximum absolute atomic E-state index is 12.6. The minimum atomic E-state index is -3.22. The average molecular weight is 398 g/mol. The van der Waals surface area contributed by atoms with Crippen molar-refractivity contribution in [1.82, 2.24) is 4.31 Å². The van der Waals surface area contributed by atoms with E-state index in [2.05, 4.69) is 5.32 Å². The monoisotopic (exact) mass is 398 g/mol. The molecule has 0 aliphatic carbocycles. The van der Waals surface area contributed by atoms with Crippen LogP contribution in [0, 0.1) is 0 Å². The highest BCUT2D eigenvalue weighted by molar-refractivity contribution is 7.89. The Labute approximate surface area is 164 Å². The molecule has 4 rings (SSSR count). The SMILES string of the molecule is CCS(=O)(=O)N1CCc2c(cccc2NC(=O)Cc2coc3ccccc23)C1. The van der Waals surface area contributed by atoms with Gasteiger partial charge < -0.3 is 9.73 Å². The van der Waals surface area contributed by atoms with E-state index in [0.29, 0.717) is 19.5 Å². The first kappa shape index (κ1) is 18.7. The molecule has 0 spiro atoms. The van der Waals surface area contributed by atoms with Crippen molar-refractivity contribution in [3.63, 3.8) is 0 Å². The molecule has 28 heavy (non-hydrogen) atoms. The number of para-hydroxylation sites is 1. The molecule has 146 valence electrons. The molecule has 1 aliphatic heterocycles. The van der Waals surface area contributed by atoms with Gasteiger partial charge in [-0.25, -0.2) is 8.42 Å². The van der Waals surface area contributed by atoms with Gasteiger partial charge in [0.2, 0.25) is 15.9 Å². The lowest BCUT2D eigenvalue weighted by molar-refractivity contribution is -0.115. The molecule has 1 aromatic heterocycles. The molecule has 1 N–H and O–H groups in total. The zero-order valence-electron chi connectivity index (χ0n) is 15.6. The van der Waals surface area contributed by atoms with E-state index in [1.54, 1.807) is 13.2 Å². The topological polar surface area (TPSA) is 79.6 Å². The van der Waals surface area contributed by atoms with Crippen molar-refractivity contribution in [2.24, 2.45) is 0 Å². The molecule has 1 amide bonds. The molecule has 2 aromatic carbocycles. The summed E-state index contributed by atoms with van der Waals surface area (Å²) in [4.78, 5) is 12.6. The molecule has 0 unspecified atom stereocenters. The van der Waals surface area contributed by atoms with Gasteiger partial charge in [-0.05, 0) is 36.6 Å². The van der Waals surface area contributed by atoms with Crippen molar-refractivity contribution in [3.8, 4) is 0 Å². The summed E-state index contributed by atoms with van der Waals surface area (Å²) < 4.78 is 31.3. The maximum atomic E-state index is 12.6. The molecule has 0 bridgehead atoms. The second-order valence-electron chi connectivity index (χ2n) is 6.91. The van der Waals surface area contributed by atoms with Gasteiger partial charge >= 0.3 is 0 Å². The second kappa shape index (κ2) is 7.41. The third kappa shape index (κ3) is 3.55. The summed E-state index contributed by atoms with van der Waals surface area (Å²) in [5, 5.41) is 3.93. The summed E-state index contributed by atoms with van der Waals surface area (Å²) in [6.45, 7) is 2.44. The molecule has 7 heteroatoms.